The molecule has 1 N–H and O–H groups in total. The van der Waals surface area contributed by atoms with E-state index in [1.54, 1.807) is 14.2 Å². The standard InChI is InChI=1S/C27H19I2NO5/c1-33-18-7-3-15(4-8-18)23-14-30-13-20(17-11-21(28)26(31)22(29)12-17)24(25(30)27(32)35-23)16-5-9-19(34-2)10-6-16/h3-14,31H,1-2H3. The predicted octanol–water partition coefficient (Wildman–Crippen LogP) is 6.83. The summed E-state index contributed by atoms with van der Waals surface area (Å²) in [5, 5.41) is 10.3. The summed E-state index contributed by atoms with van der Waals surface area (Å²) in [6.45, 7) is 0. The van der Waals surface area contributed by atoms with Crippen molar-refractivity contribution in [3.05, 3.63) is 90.6 Å². The molecule has 0 spiro atoms. The van der Waals surface area contributed by atoms with Gasteiger partial charge < -0.3 is 23.4 Å². The molecule has 0 saturated heterocycles. The third-order valence-corrected chi connectivity index (χ3v) is 7.41. The molecule has 0 saturated carbocycles. The number of hydrogen-bond donors (Lipinski definition) is 1. The van der Waals surface area contributed by atoms with E-state index >= 15 is 0 Å². The number of methoxy groups -OCH3 is 2. The minimum atomic E-state index is -0.446. The molecule has 0 aliphatic rings. The lowest BCUT2D eigenvalue weighted by Gasteiger charge is -2.09. The Morgan fingerprint density at radius 1 is 0.800 bits per heavy atom. The van der Waals surface area contributed by atoms with Crippen LogP contribution in [0.25, 0.3) is 39.1 Å². The van der Waals surface area contributed by atoms with Crippen molar-refractivity contribution in [1.29, 1.82) is 0 Å². The summed E-state index contributed by atoms with van der Waals surface area (Å²) in [5.74, 6) is 2.13. The highest BCUT2D eigenvalue weighted by Crippen LogP contribution is 2.40. The maximum atomic E-state index is 13.4. The number of ether oxygens (including phenoxy) is 2. The Bertz CT molecular complexity index is 1580. The smallest absolute Gasteiger partial charge is 0.361 e. The van der Waals surface area contributed by atoms with Crippen LogP contribution in [0.15, 0.2) is 82.3 Å². The topological polar surface area (TPSA) is 73.3 Å². The molecule has 0 aliphatic carbocycles. The molecular formula is C27H19I2NO5. The summed E-state index contributed by atoms with van der Waals surface area (Å²) in [5.41, 5.74) is 4.09. The van der Waals surface area contributed by atoms with E-state index in [9.17, 15) is 9.90 Å². The van der Waals surface area contributed by atoms with Crippen molar-refractivity contribution in [3.63, 3.8) is 0 Å². The van der Waals surface area contributed by atoms with E-state index < -0.39 is 5.63 Å². The zero-order valence-electron chi connectivity index (χ0n) is 18.7. The molecule has 0 bridgehead atoms. The number of aromatic hydroxyl groups is 1. The summed E-state index contributed by atoms with van der Waals surface area (Å²) in [7, 11) is 3.22. The van der Waals surface area contributed by atoms with Gasteiger partial charge >= 0.3 is 5.63 Å². The number of hydrogen-bond acceptors (Lipinski definition) is 5. The maximum Gasteiger partial charge on any atom is 0.361 e. The molecule has 5 rings (SSSR count). The molecule has 0 unspecified atom stereocenters. The third-order valence-electron chi connectivity index (χ3n) is 5.77. The van der Waals surface area contributed by atoms with Gasteiger partial charge in [0.2, 0.25) is 0 Å². The number of aromatic nitrogens is 1. The minimum absolute atomic E-state index is 0.242. The van der Waals surface area contributed by atoms with Crippen LogP contribution in [-0.4, -0.2) is 23.7 Å². The number of phenolic OH excluding ortho intramolecular Hbond substituents is 1. The molecule has 0 radical (unpaired) electrons. The first-order valence-corrected chi connectivity index (χ1v) is 12.7. The molecule has 8 heteroatoms. The van der Waals surface area contributed by atoms with Crippen molar-refractivity contribution in [2.45, 2.75) is 0 Å². The molecule has 0 fully saturated rings. The van der Waals surface area contributed by atoms with E-state index in [0.29, 0.717) is 11.3 Å². The number of halogens is 2. The highest BCUT2D eigenvalue weighted by atomic mass is 127. The predicted molar refractivity (Wildman–Crippen MR) is 152 cm³/mol. The second kappa shape index (κ2) is 9.57. The van der Waals surface area contributed by atoms with Crippen LogP contribution in [0.4, 0.5) is 0 Å². The highest BCUT2D eigenvalue weighted by Gasteiger charge is 2.21. The molecule has 0 atom stereocenters. The van der Waals surface area contributed by atoms with Crippen molar-refractivity contribution < 1.29 is 19.0 Å². The fraction of sp³-hybridized carbons (Fsp3) is 0.0741. The Labute approximate surface area is 228 Å². The van der Waals surface area contributed by atoms with Crippen molar-refractivity contribution in [2.75, 3.05) is 14.2 Å². The van der Waals surface area contributed by atoms with Crippen LogP contribution in [-0.2, 0) is 0 Å². The molecule has 6 nitrogen and oxygen atoms in total. The van der Waals surface area contributed by atoms with Gasteiger partial charge in [0, 0.05) is 22.9 Å². The van der Waals surface area contributed by atoms with Crippen molar-refractivity contribution in [1.82, 2.24) is 4.40 Å². The second-order valence-electron chi connectivity index (χ2n) is 7.80. The average molecular weight is 691 g/mol. The van der Waals surface area contributed by atoms with E-state index in [-0.39, 0.29) is 5.75 Å². The third kappa shape index (κ3) is 4.40. The number of rotatable bonds is 5. The van der Waals surface area contributed by atoms with Gasteiger partial charge in [-0.05, 0) is 105 Å². The van der Waals surface area contributed by atoms with Crippen LogP contribution >= 0.6 is 45.2 Å². The molecule has 3 aromatic carbocycles. The van der Waals surface area contributed by atoms with Gasteiger partial charge in [0.1, 0.15) is 22.8 Å². The number of benzene rings is 3. The van der Waals surface area contributed by atoms with Gasteiger partial charge in [-0.15, -0.1) is 0 Å². The highest BCUT2D eigenvalue weighted by molar-refractivity contribution is 14.1. The summed E-state index contributed by atoms with van der Waals surface area (Å²) >= 11 is 4.23. The van der Waals surface area contributed by atoms with Crippen molar-refractivity contribution >= 4 is 50.7 Å². The largest absolute Gasteiger partial charge is 0.506 e. The summed E-state index contributed by atoms with van der Waals surface area (Å²) in [6.07, 6.45) is 3.74. The Morgan fingerprint density at radius 3 is 1.89 bits per heavy atom. The first-order valence-electron chi connectivity index (χ1n) is 10.6. The van der Waals surface area contributed by atoms with E-state index in [0.717, 1.165) is 46.5 Å². The molecule has 176 valence electrons. The molecule has 5 aromatic rings. The molecular weight excluding hydrogens is 672 g/mol. The lowest BCUT2D eigenvalue weighted by atomic mass is 9.97. The van der Waals surface area contributed by atoms with Crippen LogP contribution in [0.5, 0.6) is 17.2 Å². The molecule has 2 aromatic heterocycles. The Kier molecular flexibility index (Phi) is 6.49. The lowest BCUT2D eigenvalue weighted by Crippen LogP contribution is -2.05. The van der Waals surface area contributed by atoms with Crippen LogP contribution in [0.1, 0.15) is 0 Å². The molecule has 35 heavy (non-hydrogen) atoms. The second-order valence-corrected chi connectivity index (χ2v) is 10.1. The summed E-state index contributed by atoms with van der Waals surface area (Å²) in [4.78, 5) is 13.4. The monoisotopic (exact) mass is 691 g/mol. The first kappa shape index (κ1) is 23.7. The fourth-order valence-electron chi connectivity index (χ4n) is 4.01. The van der Waals surface area contributed by atoms with E-state index in [2.05, 4.69) is 45.2 Å². The number of phenols is 1. The van der Waals surface area contributed by atoms with E-state index in [1.165, 1.54) is 0 Å². The van der Waals surface area contributed by atoms with Crippen molar-refractivity contribution in [2.24, 2.45) is 0 Å². The van der Waals surface area contributed by atoms with Gasteiger partial charge in [0.25, 0.3) is 0 Å². The molecule has 2 heterocycles. The van der Waals surface area contributed by atoms with E-state index in [1.807, 2.05) is 77.5 Å². The van der Waals surface area contributed by atoms with Gasteiger partial charge in [-0.3, -0.25) is 0 Å². The van der Waals surface area contributed by atoms with Crippen LogP contribution in [0.2, 0.25) is 0 Å². The SMILES string of the molecule is COc1ccc(-c2cn3cc(-c4cc(I)c(O)c(I)c4)c(-c4ccc(OC)cc4)c3c(=O)o2)cc1. The number of fused-ring (bicyclic) bond motifs is 1. The summed E-state index contributed by atoms with van der Waals surface area (Å²) < 4.78 is 19.6. The summed E-state index contributed by atoms with van der Waals surface area (Å²) in [6, 6.07) is 18.7. The first-order chi connectivity index (χ1) is 16.9. The maximum absolute atomic E-state index is 13.4. The average Bonchev–Trinajstić information content (AvgIpc) is 3.27. The van der Waals surface area contributed by atoms with Gasteiger partial charge in [0.15, 0.2) is 5.76 Å². The lowest BCUT2D eigenvalue weighted by molar-refractivity contribution is 0.414. The van der Waals surface area contributed by atoms with Crippen LogP contribution < -0.4 is 15.1 Å². The fourth-order valence-corrected chi connectivity index (χ4v) is 5.78. The Morgan fingerprint density at radius 2 is 1.34 bits per heavy atom. The van der Waals surface area contributed by atoms with Gasteiger partial charge in [-0.1, -0.05) is 12.1 Å². The van der Waals surface area contributed by atoms with Gasteiger partial charge in [-0.2, -0.15) is 0 Å². The Hall–Kier alpha value is -2.99. The Balaban J connectivity index is 1.78. The molecule has 0 aliphatic heterocycles. The molecule has 0 amide bonds. The zero-order valence-corrected chi connectivity index (χ0v) is 23.0. The zero-order chi connectivity index (χ0) is 24.7. The minimum Gasteiger partial charge on any atom is -0.506 e. The van der Waals surface area contributed by atoms with E-state index in [4.69, 9.17) is 13.9 Å². The number of nitrogens with zero attached hydrogens (tertiary/aromatic N) is 1. The van der Waals surface area contributed by atoms with Gasteiger partial charge in [-0.25, -0.2) is 4.79 Å². The normalized spacial score (nSPS) is 11.1. The van der Waals surface area contributed by atoms with Crippen molar-refractivity contribution in [3.8, 4) is 50.8 Å². The van der Waals surface area contributed by atoms with Gasteiger partial charge in [0.05, 0.1) is 27.6 Å². The van der Waals surface area contributed by atoms with Crippen LogP contribution in [0.3, 0.4) is 0 Å². The quantitative estimate of drug-likeness (QED) is 0.205. The van der Waals surface area contributed by atoms with Crippen LogP contribution in [0, 0.1) is 7.14 Å².